The molecule has 5 aromatic rings. The Bertz CT molecular complexity index is 1610. The molecule has 0 aliphatic heterocycles. The molecule has 0 aliphatic rings. The van der Waals surface area contributed by atoms with E-state index in [9.17, 15) is 9.59 Å². The van der Waals surface area contributed by atoms with E-state index in [4.69, 9.17) is 4.98 Å². The van der Waals surface area contributed by atoms with Crippen LogP contribution >= 0.6 is 0 Å². The average Bonchev–Trinajstić information content (AvgIpc) is 3.59. The molecule has 0 spiro atoms. The standard InChI is InChI=1S/C25H25N9O2/c1-5-34-14-16(11-28-34)20-10-18(17-8-6-7-9-19(17)29-20)24(35)31-22-13-27-33(4)23(22)25(36)30-21-12-26-32(3)15(21)2/h6-14H,5H2,1-4H3,(H,30,36)(H,31,35). The van der Waals surface area contributed by atoms with E-state index in [0.29, 0.717) is 33.5 Å². The van der Waals surface area contributed by atoms with Crippen molar-refractivity contribution in [1.29, 1.82) is 0 Å². The van der Waals surface area contributed by atoms with Gasteiger partial charge in [-0.15, -0.1) is 0 Å². The van der Waals surface area contributed by atoms with Crippen LogP contribution in [-0.4, -0.2) is 46.1 Å². The molecule has 4 heterocycles. The molecular formula is C25H25N9O2. The molecule has 0 bridgehead atoms. The SMILES string of the molecule is CCn1cc(-c2cc(C(=O)Nc3cnn(C)c3C(=O)Nc3cnn(C)c3C)c3ccccc3n2)cn1. The van der Waals surface area contributed by atoms with E-state index in [-0.39, 0.29) is 11.6 Å². The van der Waals surface area contributed by atoms with E-state index in [2.05, 4.69) is 25.9 Å². The van der Waals surface area contributed by atoms with Crippen LogP contribution in [0.3, 0.4) is 0 Å². The molecule has 0 atom stereocenters. The number of benzene rings is 1. The van der Waals surface area contributed by atoms with Crippen LogP contribution in [0, 0.1) is 6.92 Å². The number of hydrogen-bond donors (Lipinski definition) is 2. The van der Waals surface area contributed by atoms with Gasteiger partial charge in [0.2, 0.25) is 0 Å². The Labute approximate surface area is 206 Å². The molecule has 0 aliphatic carbocycles. The van der Waals surface area contributed by atoms with Crippen LogP contribution in [0.25, 0.3) is 22.2 Å². The number of anilines is 2. The van der Waals surface area contributed by atoms with E-state index in [0.717, 1.165) is 17.8 Å². The Morgan fingerprint density at radius 2 is 1.64 bits per heavy atom. The van der Waals surface area contributed by atoms with Gasteiger partial charge in [0.25, 0.3) is 11.8 Å². The molecule has 11 heteroatoms. The molecule has 182 valence electrons. The lowest BCUT2D eigenvalue weighted by atomic mass is 10.0. The first kappa shape index (κ1) is 23.0. The maximum Gasteiger partial charge on any atom is 0.276 e. The molecule has 4 aromatic heterocycles. The highest BCUT2D eigenvalue weighted by Crippen LogP contribution is 2.26. The molecule has 0 unspecified atom stereocenters. The number of nitrogens with zero attached hydrogens (tertiary/aromatic N) is 7. The summed E-state index contributed by atoms with van der Waals surface area (Å²) in [5.74, 6) is -0.786. The molecule has 36 heavy (non-hydrogen) atoms. The highest BCUT2D eigenvalue weighted by molar-refractivity contribution is 6.16. The van der Waals surface area contributed by atoms with Crippen molar-refractivity contribution in [2.24, 2.45) is 14.1 Å². The maximum atomic E-state index is 13.5. The predicted octanol–water partition coefficient (Wildman–Crippen LogP) is 3.40. The minimum absolute atomic E-state index is 0.217. The van der Waals surface area contributed by atoms with Crippen molar-refractivity contribution in [2.45, 2.75) is 20.4 Å². The van der Waals surface area contributed by atoms with Crippen molar-refractivity contribution in [1.82, 2.24) is 34.3 Å². The Morgan fingerprint density at radius 3 is 2.36 bits per heavy atom. The van der Waals surface area contributed by atoms with Crippen molar-refractivity contribution < 1.29 is 9.59 Å². The fourth-order valence-corrected chi connectivity index (χ4v) is 3.97. The van der Waals surface area contributed by atoms with E-state index in [1.54, 1.807) is 41.9 Å². The quantitative estimate of drug-likeness (QED) is 0.381. The molecule has 2 N–H and O–H groups in total. The van der Waals surface area contributed by atoms with Gasteiger partial charge in [0.15, 0.2) is 0 Å². The Hall–Kier alpha value is -4.80. The molecule has 0 fully saturated rings. The van der Waals surface area contributed by atoms with Crippen LogP contribution in [0.5, 0.6) is 0 Å². The molecule has 5 rings (SSSR count). The maximum absolute atomic E-state index is 13.5. The topological polar surface area (TPSA) is 125 Å². The number of pyridine rings is 1. The summed E-state index contributed by atoms with van der Waals surface area (Å²) in [6, 6.07) is 9.18. The van der Waals surface area contributed by atoms with Gasteiger partial charge in [-0.2, -0.15) is 15.3 Å². The van der Waals surface area contributed by atoms with Crippen LogP contribution < -0.4 is 10.6 Å². The first-order chi connectivity index (χ1) is 17.4. The van der Waals surface area contributed by atoms with Gasteiger partial charge in [-0.25, -0.2) is 4.98 Å². The molecule has 11 nitrogen and oxygen atoms in total. The van der Waals surface area contributed by atoms with Gasteiger partial charge >= 0.3 is 0 Å². The third kappa shape index (κ3) is 4.11. The van der Waals surface area contributed by atoms with Crippen LogP contribution in [0.15, 0.2) is 55.1 Å². The fourth-order valence-electron chi connectivity index (χ4n) is 3.97. The van der Waals surface area contributed by atoms with Crippen LogP contribution in [-0.2, 0) is 20.6 Å². The highest BCUT2D eigenvalue weighted by atomic mass is 16.2. The van der Waals surface area contributed by atoms with Gasteiger partial charge in [-0.3, -0.25) is 23.6 Å². The summed E-state index contributed by atoms with van der Waals surface area (Å²) in [6.45, 7) is 4.58. The van der Waals surface area contributed by atoms with Crippen molar-refractivity contribution in [3.05, 3.63) is 72.1 Å². The van der Waals surface area contributed by atoms with Gasteiger partial charge in [0, 0.05) is 37.8 Å². The number of carbonyl (C=O) groups is 2. The molecule has 0 saturated carbocycles. The number of aromatic nitrogens is 7. The van der Waals surface area contributed by atoms with Gasteiger partial charge < -0.3 is 10.6 Å². The summed E-state index contributed by atoms with van der Waals surface area (Å²) in [6.07, 6.45) is 6.65. The minimum Gasteiger partial charge on any atom is -0.319 e. The summed E-state index contributed by atoms with van der Waals surface area (Å²) in [5, 5.41) is 19.1. The zero-order chi connectivity index (χ0) is 25.4. The lowest BCUT2D eigenvalue weighted by Crippen LogP contribution is -2.20. The summed E-state index contributed by atoms with van der Waals surface area (Å²) in [7, 11) is 3.44. The summed E-state index contributed by atoms with van der Waals surface area (Å²) < 4.78 is 4.89. The number of nitrogens with one attached hydrogen (secondary N) is 2. The molecule has 0 radical (unpaired) electrons. The van der Waals surface area contributed by atoms with E-state index < -0.39 is 5.91 Å². The van der Waals surface area contributed by atoms with Crippen molar-refractivity contribution in [3.63, 3.8) is 0 Å². The summed E-state index contributed by atoms with van der Waals surface area (Å²) >= 11 is 0. The largest absolute Gasteiger partial charge is 0.319 e. The number of amides is 2. The number of para-hydroxylation sites is 1. The zero-order valence-electron chi connectivity index (χ0n) is 20.4. The minimum atomic E-state index is -0.409. The number of fused-ring (bicyclic) bond motifs is 1. The van der Waals surface area contributed by atoms with Gasteiger partial charge in [0.1, 0.15) is 5.69 Å². The van der Waals surface area contributed by atoms with Crippen molar-refractivity contribution in [3.8, 4) is 11.3 Å². The van der Waals surface area contributed by atoms with Gasteiger partial charge in [-0.05, 0) is 26.0 Å². The lowest BCUT2D eigenvalue weighted by Gasteiger charge is -2.11. The molecule has 2 amide bonds. The van der Waals surface area contributed by atoms with Gasteiger partial charge in [0.05, 0.1) is 52.4 Å². The van der Waals surface area contributed by atoms with Crippen molar-refractivity contribution >= 4 is 34.1 Å². The first-order valence-corrected chi connectivity index (χ1v) is 11.4. The second-order valence-corrected chi connectivity index (χ2v) is 8.36. The number of aryl methyl sites for hydroxylation is 3. The lowest BCUT2D eigenvalue weighted by molar-refractivity contribution is 0.101. The van der Waals surface area contributed by atoms with E-state index in [1.165, 1.54) is 10.9 Å². The molecule has 1 aromatic carbocycles. The second-order valence-electron chi connectivity index (χ2n) is 8.36. The average molecular weight is 484 g/mol. The van der Waals surface area contributed by atoms with Crippen LogP contribution in [0.4, 0.5) is 11.4 Å². The van der Waals surface area contributed by atoms with E-state index in [1.807, 2.05) is 44.3 Å². The van der Waals surface area contributed by atoms with E-state index >= 15 is 0 Å². The Balaban J connectivity index is 1.49. The third-order valence-corrected chi connectivity index (χ3v) is 6.10. The molecular weight excluding hydrogens is 458 g/mol. The Kier molecular flexibility index (Phi) is 5.80. The van der Waals surface area contributed by atoms with Crippen LogP contribution in [0.2, 0.25) is 0 Å². The third-order valence-electron chi connectivity index (χ3n) is 6.10. The summed E-state index contributed by atoms with van der Waals surface area (Å²) in [5.41, 5.74) is 4.45. The number of carbonyl (C=O) groups excluding carboxylic acids is 2. The zero-order valence-corrected chi connectivity index (χ0v) is 20.4. The highest BCUT2D eigenvalue weighted by Gasteiger charge is 2.22. The first-order valence-electron chi connectivity index (χ1n) is 11.4. The monoisotopic (exact) mass is 483 g/mol. The van der Waals surface area contributed by atoms with Gasteiger partial charge in [-0.1, -0.05) is 18.2 Å². The Morgan fingerprint density at radius 1 is 0.917 bits per heavy atom. The smallest absolute Gasteiger partial charge is 0.276 e. The number of hydrogen-bond acceptors (Lipinski definition) is 6. The fraction of sp³-hybridized carbons (Fsp3) is 0.200. The van der Waals surface area contributed by atoms with Crippen molar-refractivity contribution in [2.75, 3.05) is 10.6 Å². The summed E-state index contributed by atoms with van der Waals surface area (Å²) in [4.78, 5) is 31.4. The predicted molar refractivity (Wildman–Crippen MR) is 136 cm³/mol. The molecule has 0 saturated heterocycles. The number of rotatable bonds is 6. The van der Waals surface area contributed by atoms with Crippen LogP contribution in [0.1, 0.15) is 33.5 Å². The second kappa shape index (κ2) is 9.10. The normalized spacial score (nSPS) is 11.1.